The van der Waals surface area contributed by atoms with Crippen LogP contribution in [0.15, 0.2) is 35.4 Å². The molecule has 0 spiro atoms. The van der Waals surface area contributed by atoms with Gasteiger partial charge in [-0.1, -0.05) is 24.3 Å². The van der Waals surface area contributed by atoms with Crippen molar-refractivity contribution in [1.29, 1.82) is 0 Å². The van der Waals surface area contributed by atoms with Gasteiger partial charge in [0.25, 0.3) is 5.91 Å². The van der Waals surface area contributed by atoms with Gasteiger partial charge in [0.15, 0.2) is 0 Å². The van der Waals surface area contributed by atoms with Gasteiger partial charge in [-0.2, -0.15) is 0 Å². The van der Waals surface area contributed by atoms with Gasteiger partial charge >= 0.3 is 0 Å². The Labute approximate surface area is 129 Å². The first kappa shape index (κ1) is 15.9. The molecule has 2 aromatic carbocycles. The summed E-state index contributed by atoms with van der Waals surface area (Å²) in [5.74, 6) is -0.486. The van der Waals surface area contributed by atoms with Crippen LogP contribution in [0.25, 0.3) is 10.8 Å². The lowest BCUT2D eigenvalue weighted by atomic mass is 10.0. The zero-order chi connectivity index (χ0) is 16.1. The smallest absolute Gasteiger partial charge is 0.255 e. The van der Waals surface area contributed by atoms with Crippen LogP contribution in [0.3, 0.4) is 0 Å². The Morgan fingerprint density at radius 2 is 2.00 bits per heavy atom. The van der Waals surface area contributed by atoms with E-state index in [0.29, 0.717) is 17.3 Å². The third kappa shape index (κ3) is 3.40. The summed E-state index contributed by atoms with van der Waals surface area (Å²) in [5.41, 5.74) is 9.48. The average Bonchev–Trinajstić information content (AvgIpc) is 2.52. The van der Waals surface area contributed by atoms with Crippen LogP contribution >= 0.6 is 0 Å². The molecule has 0 aliphatic rings. The number of phenols is 1. The summed E-state index contributed by atoms with van der Waals surface area (Å²) in [6.45, 7) is 1.37. The maximum Gasteiger partial charge on any atom is 0.255 e. The number of carbonyl (C=O) groups is 1. The van der Waals surface area contributed by atoms with E-state index in [1.807, 2.05) is 19.0 Å². The normalized spacial score (nSPS) is 10.9. The Hall–Kier alpha value is -2.47. The molecule has 0 unspecified atom stereocenters. The van der Waals surface area contributed by atoms with Crippen molar-refractivity contribution >= 4 is 22.4 Å². The van der Waals surface area contributed by atoms with Crippen molar-refractivity contribution in [3.63, 3.8) is 0 Å². The predicted molar refractivity (Wildman–Crippen MR) is 85.3 cm³/mol. The highest BCUT2D eigenvalue weighted by Gasteiger charge is 2.16. The monoisotopic (exact) mass is 299 g/mol. The molecular weight excluding hydrogens is 280 g/mol. The zero-order valence-electron chi connectivity index (χ0n) is 12.7. The van der Waals surface area contributed by atoms with Crippen LogP contribution in [0.1, 0.15) is 16.8 Å². The molecule has 2 aromatic rings. The van der Waals surface area contributed by atoms with Crippen molar-refractivity contribution in [2.75, 3.05) is 27.2 Å². The standard InChI is InChI=1S/C16H19N4O2/c1-20(2)9-5-8-18-16(22)13-10-14(19-17)11-6-3-4-7-12(11)15(13)21/h3-4,6-7,10,21H,5,8-9H2,1-2H3,(H,18,22). The van der Waals surface area contributed by atoms with Crippen molar-refractivity contribution in [3.8, 4) is 5.75 Å². The summed E-state index contributed by atoms with van der Waals surface area (Å²) < 4.78 is 0. The molecule has 0 fully saturated rings. The number of hydrogen-bond donors (Lipinski definition) is 2. The second-order valence-electron chi connectivity index (χ2n) is 5.35. The predicted octanol–water partition coefficient (Wildman–Crippen LogP) is 2.11. The molecule has 6 heteroatoms. The fourth-order valence-corrected chi connectivity index (χ4v) is 2.29. The van der Waals surface area contributed by atoms with Crippen LogP contribution in [0.2, 0.25) is 0 Å². The Kier molecular flexibility index (Phi) is 5.06. The SMILES string of the molecule is CN(C)CCCNC(=O)c1cc(N=[N])c2ccccc2c1O. The second-order valence-corrected chi connectivity index (χ2v) is 5.35. The molecule has 0 saturated carbocycles. The topological polar surface area (TPSA) is 87.2 Å². The molecule has 22 heavy (non-hydrogen) atoms. The molecule has 1 amide bonds. The number of rotatable bonds is 6. The average molecular weight is 299 g/mol. The maximum absolute atomic E-state index is 12.2. The van der Waals surface area contributed by atoms with Crippen LogP contribution in [-0.2, 0) is 0 Å². The van der Waals surface area contributed by atoms with Gasteiger partial charge in [0.1, 0.15) is 5.75 Å². The minimum Gasteiger partial charge on any atom is -0.506 e. The third-order valence-corrected chi connectivity index (χ3v) is 3.41. The first-order chi connectivity index (χ1) is 10.5. The van der Waals surface area contributed by atoms with Crippen molar-refractivity contribution < 1.29 is 9.90 Å². The number of aromatic hydroxyl groups is 1. The number of benzene rings is 2. The Morgan fingerprint density at radius 1 is 1.32 bits per heavy atom. The molecule has 1 radical (unpaired) electrons. The Morgan fingerprint density at radius 3 is 2.64 bits per heavy atom. The van der Waals surface area contributed by atoms with Gasteiger partial charge in [0.05, 0.1) is 11.3 Å². The molecule has 115 valence electrons. The van der Waals surface area contributed by atoms with E-state index in [-0.39, 0.29) is 22.9 Å². The van der Waals surface area contributed by atoms with Gasteiger partial charge in [-0.3, -0.25) is 4.79 Å². The summed E-state index contributed by atoms with van der Waals surface area (Å²) in [6, 6.07) is 8.32. The minimum atomic E-state index is -0.382. The van der Waals surface area contributed by atoms with Crippen molar-refractivity contribution in [2.24, 2.45) is 5.11 Å². The third-order valence-electron chi connectivity index (χ3n) is 3.41. The Balaban J connectivity index is 2.25. The molecule has 6 nitrogen and oxygen atoms in total. The van der Waals surface area contributed by atoms with E-state index in [9.17, 15) is 9.90 Å². The van der Waals surface area contributed by atoms with Gasteiger partial charge in [0, 0.05) is 17.3 Å². The number of carbonyl (C=O) groups excluding carboxylic acids is 1. The molecule has 0 aliphatic carbocycles. The second kappa shape index (κ2) is 7.00. The number of fused-ring (bicyclic) bond motifs is 1. The van der Waals surface area contributed by atoms with Gasteiger partial charge in [-0.05, 0) is 38.7 Å². The van der Waals surface area contributed by atoms with Gasteiger partial charge in [-0.15, -0.1) is 5.11 Å². The number of phenolic OH excluding ortho intramolecular Hbond substituents is 1. The molecule has 2 rings (SSSR count). The minimum absolute atomic E-state index is 0.104. The lowest BCUT2D eigenvalue weighted by molar-refractivity contribution is 0.0950. The van der Waals surface area contributed by atoms with Gasteiger partial charge in [0.2, 0.25) is 0 Å². The number of amides is 1. The van der Waals surface area contributed by atoms with Crippen LogP contribution < -0.4 is 10.8 Å². The van der Waals surface area contributed by atoms with E-state index in [4.69, 9.17) is 5.53 Å². The molecule has 0 saturated heterocycles. The number of hydrogen-bond acceptors (Lipinski definition) is 4. The fraction of sp³-hybridized carbons (Fsp3) is 0.312. The van der Waals surface area contributed by atoms with E-state index in [2.05, 4.69) is 10.4 Å². The fourth-order valence-electron chi connectivity index (χ4n) is 2.29. The Bertz CT molecular complexity index is 698. The van der Waals surface area contributed by atoms with Gasteiger partial charge in [-0.25, -0.2) is 0 Å². The maximum atomic E-state index is 12.2. The van der Waals surface area contributed by atoms with E-state index in [1.54, 1.807) is 24.3 Å². The summed E-state index contributed by atoms with van der Waals surface area (Å²) in [7, 11) is 3.93. The molecule has 0 heterocycles. The van der Waals surface area contributed by atoms with E-state index >= 15 is 0 Å². The molecule has 0 aliphatic heterocycles. The first-order valence-corrected chi connectivity index (χ1v) is 7.07. The van der Waals surface area contributed by atoms with Crippen molar-refractivity contribution in [1.82, 2.24) is 15.7 Å². The molecule has 2 N–H and O–H groups in total. The van der Waals surface area contributed by atoms with Crippen molar-refractivity contribution in [3.05, 3.63) is 35.9 Å². The summed E-state index contributed by atoms with van der Waals surface area (Å²) in [4.78, 5) is 14.2. The highest BCUT2D eigenvalue weighted by Crippen LogP contribution is 2.35. The van der Waals surface area contributed by atoms with Crippen LogP contribution in [0.5, 0.6) is 5.75 Å². The summed E-state index contributed by atoms with van der Waals surface area (Å²) in [5, 5.41) is 17.3. The van der Waals surface area contributed by atoms with Crippen LogP contribution in [0, 0.1) is 0 Å². The van der Waals surface area contributed by atoms with Crippen LogP contribution in [0.4, 0.5) is 5.69 Å². The van der Waals surface area contributed by atoms with E-state index < -0.39 is 0 Å². The van der Waals surface area contributed by atoms with E-state index in [1.165, 1.54) is 6.07 Å². The highest BCUT2D eigenvalue weighted by molar-refractivity contribution is 6.07. The molecule has 0 bridgehead atoms. The quantitative estimate of drug-likeness (QED) is 0.632. The van der Waals surface area contributed by atoms with Gasteiger partial charge < -0.3 is 15.3 Å². The zero-order valence-corrected chi connectivity index (χ0v) is 12.7. The molecular formula is C16H19N4O2. The summed E-state index contributed by atoms with van der Waals surface area (Å²) in [6.07, 6.45) is 0.810. The number of nitrogens with zero attached hydrogens (tertiary/aromatic N) is 3. The largest absolute Gasteiger partial charge is 0.506 e. The van der Waals surface area contributed by atoms with E-state index in [0.717, 1.165) is 13.0 Å². The highest BCUT2D eigenvalue weighted by atomic mass is 16.3. The summed E-state index contributed by atoms with van der Waals surface area (Å²) >= 11 is 0. The molecule has 0 aromatic heterocycles. The number of nitrogens with one attached hydrogen (secondary N) is 1. The van der Waals surface area contributed by atoms with Crippen molar-refractivity contribution in [2.45, 2.75) is 6.42 Å². The van der Waals surface area contributed by atoms with Crippen LogP contribution in [-0.4, -0.2) is 43.1 Å². The first-order valence-electron chi connectivity index (χ1n) is 7.07. The molecule has 0 atom stereocenters. The lowest BCUT2D eigenvalue weighted by Gasteiger charge is -2.12. The lowest BCUT2D eigenvalue weighted by Crippen LogP contribution is -2.27.